The van der Waals surface area contributed by atoms with E-state index in [9.17, 15) is 9.59 Å². The second-order valence-corrected chi connectivity index (χ2v) is 8.90. The maximum Gasteiger partial charge on any atom is 0.334 e. The molecule has 0 bridgehead atoms. The summed E-state index contributed by atoms with van der Waals surface area (Å²) in [6, 6.07) is 0. The molecule has 0 saturated carbocycles. The second kappa shape index (κ2) is 12.8. The van der Waals surface area contributed by atoms with E-state index < -0.39 is 0 Å². The predicted molar refractivity (Wildman–Crippen MR) is 103 cm³/mol. The molecule has 0 aromatic carbocycles. The largest absolute Gasteiger partial charge is 0.448 e. The summed E-state index contributed by atoms with van der Waals surface area (Å²) in [5, 5.41) is 0. The molecule has 0 fully saturated rings. The van der Waals surface area contributed by atoms with Crippen LogP contribution in [-0.2, 0) is 19.1 Å². The highest BCUT2D eigenvalue weighted by Crippen LogP contribution is 2.18. The van der Waals surface area contributed by atoms with Gasteiger partial charge in [-0.15, -0.1) is 23.5 Å². The van der Waals surface area contributed by atoms with E-state index in [4.69, 9.17) is 9.47 Å². The van der Waals surface area contributed by atoms with Gasteiger partial charge in [0, 0.05) is 34.2 Å². The summed E-state index contributed by atoms with van der Waals surface area (Å²) in [7, 11) is 0. The summed E-state index contributed by atoms with van der Waals surface area (Å²) in [5.41, 5.74) is 0.530. The van der Waals surface area contributed by atoms with Gasteiger partial charge in [-0.2, -0.15) is 11.8 Å². The Hall–Kier alpha value is -0.530. The molecule has 0 radical (unpaired) electrons. The van der Waals surface area contributed by atoms with Crippen molar-refractivity contribution in [3.63, 3.8) is 0 Å². The summed E-state index contributed by atoms with van der Waals surface area (Å²) in [4.78, 5) is 22.7. The first-order valence-corrected chi connectivity index (χ1v) is 10.5. The van der Waals surface area contributed by atoms with Crippen LogP contribution in [-0.4, -0.2) is 45.8 Å². The molecule has 0 aromatic heterocycles. The van der Waals surface area contributed by atoms with Gasteiger partial charge in [-0.1, -0.05) is 13.2 Å². The van der Waals surface area contributed by atoms with E-state index in [1.807, 2.05) is 25.6 Å². The SMILES string of the molecule is C=C(C)C(=O)OC(C)SCCSCCSC(C)OC(=O)C(=C)C. The molecule has 0 aliphatic rings. The zero-order valence-corrected chi connectivity index (χ0v) is 16.7. The molecule has 0 aromatic rings. The number of hydrogen-bond donors (Lipinski definition) is 0. The second-order valence-electron chi connectivity index (χ2n) is 4.86. The number of carbonyl (C=O) groups excluding carboxylic acids is 2. The van der Waals surface area contributed by atoms with E-state index in [0.717, 1.165) is 23.0 Å². The Morgan fingerprint density at radius 2 is 1.17 bits per heavy atom. The number of ether oxygens (including phenoxy) is 2. The Bertz CT molecular complexity index is 386. The number of rotatable bonds is 12. The third-order valence-corrected chi connectivity index (χ3v) is 5.92. The Balaban J connectivity index is 3.56. The first kappa shape index (κ1) is 22.5. The van der Waals surface area contributed by atoms with Crippen LogP contribution in [0.5, 0.6) is 0 Å². The van der Waals surface area contributed by atoms with Crippen molar-refractivity contribution < 1.29 is 19.1 Å². The lowest BCUT2D eigenvalue weighted by atomic mass is 10.4. The fourth-order valence-electron chi connectivity index (χ4n) is 1.22. The summed E-state index contributed by atoms with van der Waals surface area (Å²) < 4.78 is 10.4. The van der Waals surface area contributed by atoms with Crippen LogP contribution in [0.15, 0.2) is 24.3 Å². The molecule has 0 rings (SSSR count). The number of esters is 2. The van der Waals surface area contributed by atoms with Crippen molar-refractivity contribution in [2.24, 2.45) is 0 Å². The summed E-state index contributed by atoms with van der Waals surface area (Å²) in [6.45, 7) is 14.1. The molecule has 0 aliphatic heterocycles. The van der Waals surface area contributed by atoms with Crippen molar-refractivity contribution >= 4 is 47.2 Å². The molecule has 0 saturated heterocycles. The maximum atomic E-state index is 11.3. The third-order valence-electron chi connectivity index (χ3n) is 2.40. The minimum atomic E-state index is -0.340. The molecule has 132 valence electrons. The van der Waals surface area contributed by atoms with Gasteiger partial charge >= 0.3 is 11.9 Å². The van der Waals surface area contributed by atoms with Crippen molar-refractivity contribution in [3.05, 3.63) is 24.3 Å². The fourth-order valence-corrected chi connectivity index (χ4v) is 4.11. The van der Waals surface area contributed by atoms with Crippen LogP contribution in [0.4, 0.5) is 0 Å². The van der Waals surface area contributed by atoms with Crippen LogP contribution in [0.25, 0.3) is 0 Å². The first-order chi connectivity index (χ1) is 10.7. The summed E-state index contributed by atoms with van der Waals surface area (Å²) in [5.74, 6) is 3.13. The first-order valence-electron chi connectivity index (χ1n) is 7.28. The minimum Gasteiger partial charge on any atom is -0.448 e. The maximum absolute atomic E-state index is 11.3. The number of hydrogen-bond acceptors (Lipinski definition) is 7. The standard InChI is InChI=1S/C16H26O4S3/c1-11(2)15(17)19-13(5)22-9-7-21-8-10-23-14(6)20-16(18)12(3)4/h13-14H,1,3,7-10H2,2,4-6H3. The van der Waals surface area contributed by atoms with Crippen molar-refractivity contribution in [2.75, 3.05) is 23.0 Å². The number of carbonyl (C=O) groups is 2. The Morgan fingerprint density at radius 1 is 0.826 bits per heavy atom. The van der Waals surface area contributed by atoms with Crippen LogP contribution < -0.4 is 0 Å². The van der Waals surface area contributed by atoms with Gasteiger partial charge < -0.3 is 9.47 Å². The molecule has 0 heterocycles. The average Bonchev–Trinajstić information content (AvgIpc) is 2.45. The molecule has 0 spiro atoms. The van der Waals surface area contributed by atoms with Crippen molar-refractivity contribution in [1.29, 1.82) is 0 Å². The Labute approximate surface area is 152 Å². The quantitative estimate of drug-likeness (QED) is 0.219. The lowest BCUT2D eigenvalue weighted by Crippen LogP contribution is -2.13. The summed E-state index contributed by atoms with van der Waals surface area (Å²) in [6.07, 6.45) is 0. The van der Waals surface area contributed by atoms with Gasteiger partial charge in [-0.3, -0.25) is 0 Å². The van der Waals surface area contributed by atoms with Crippen LogP contribution in [0, 0.1) is 0 Å². The highest BCUT2D eigenvalue weighted by atomic mass is 32.2. The smallest absolute Gasteiger partial charge is 0.334 e. The lowest BCUT2D eigenvalue weighted by Gasteiger charge is -2.13. The average molecular weight is 379 g/mol. The van der Waals surface area contributed by atoms with Crippen molar-refractivity contribution in [1.82, 2.24) is 0 Å². The molecular formula is C16H26O4S3. The normalized spacial score (nSPS) is 13.0. The molecule has 2 atom stereocenters. The fraction of sp³-hybridized carbons (Fsp3) is 0.625. The minimum absolute atomic E-state index is 0.157. The van der Waals surface area contributed by atoms with Gasteiger partial charge in [0.25, 0.3) is 0 Å². The molecule has 0 N–H and O–H groups in total. The van der Waals surface area contributed by atoms with Gasteiger partial charge in [0.2, 0.25) is 0 Å². The van der Waals surface area contributed by atoms with Gasteiger partial charge in [0.05, 0.1) is 0 Å². The van der Waals surface area contributed by atoms with E-state index in [-0.39, 0.29) is 22.8 Å². The van der Waals surface area contributed by atoms with Gasteiger partial charge in [0.15, 0.2) is 0 Å². The molecule has 2 unspecified atom stereocenters. The van der Waals surface area contributed by atoms with Gasteiger partial charge in [0.1, 0.15) is 10.9 Å². The van der Waals surface area contributed by atoms with Gasteiger partial charge in [-0.25, -0.2) is 9.59 Å². The Morgan fingerprint density at radius 3 is 1.48 bits per heavy atom. The van der Waals surface area contributed by atoms with E-state index >= 15 is 0 Å². The monoisotopic (exact) mass is 378 g/mol. The molecule has 4 nitrogen and oxygen atoms in total. The number of thioether (sulfide) groups is 3. The molecule has 0 aliphatic carbocycles. The molecule has 7 heteroatoms. The van der Waals surface area contributed by atoms with Crippen LogP contribution in [0.1, 0.15) is 27.7 Å². The predicted octanol–water partition coefficient (Wildman–Crippen LogP) is 4.12. The van der Waals surface area contributed by atoms with E-state index in [1.54, 1.807) is 37.4 Å². The zero-order chi connectivity index (χ0) is 17.8. The molecule has 0 amide bonds. The lowest BCUT2D eigenvalue weighted by molar-refractivity contribution is -0.140. The summed E-state index contributed by atoms with van der Waals surface area (Å²) >= 11 is 5.04. The van der Waals surface area contributed by atoms with Gasteiger partial charge in [-0.05, 0) is 27.7 Å². The van der Waals surface area contributed by atoms with Crippen molar-refractivity contribution in [2.45, 2.75) is 38.6 Å². The molecule has 23 heavy (non-hydrogen) atoms. The van der Waals surface area contributed by atoms with Crippen LogP contribution in [0.3, 0.4) is 0 Å². The van der Waals surface area contributed by atoms with E-state index in [1.165, 1.54) is 0 Å². The topological polar surface area (TPSA) is 52.6 Å². The van der Waals surface area contributed by atoms with Crippen LogP contribution in [0.2, 0.25) is 0 Å². The highest BCUT2D eigenvalue weighted by Gasteiger charge is 2.11. The molecular weight excluding hydrogens is 352 g/mol. The van der Waals surface area contributed by atoms with E-state index in [0.29, 0.717) is 11.1 Å². The Kier molecular flexibility index (Phi) is 12.5. The zero-order valence-electron chi connectivity index (χ0n) is 14.3. The van der Waals surface area contributed by atoms with E-state index in [2.05, 4.69) is 13.2 Å². The highest BCUT2D eigenvalue weighted by molar-refractivity contribution is 8.04. The van der Waals surface area contributed by atoms with Crippen molar-refractivity contribution in [3.8, 4) is 0 Å². The third kappa shape index (κ3) is 12.5. The van der Waals surface area contributed by atoms with Crippen LogP contribution >= 0.6 is 35.3 Å².